The molecule has 1 aromatic heterocycles. The normalized spacial score (nSPS) is 24.0. The van der Waals surface area contributed by atoms with Crippen LogP contribution in [0.5, 0.6) is 0 Å². The Morgan fingerprint density at radius 1 is 1.35 bits per heavy atom. The first-order valence-electron chi connectivity index (χ1n) is 7.06. The molecule has 1 aromatic rings. The lowest BCUT2D eigenvalue weighted by molar-refractivity contribution is 0.0185. The molecule has 6 nitrogen and oxygen atoms in total. The van der Waals surface area contributed by atoms with E-state index < -0.39 is 0 Å². The third-order valence-corrected chi connectivity index (χ3v) is 4.02. The van der Waals surface area contributed by atoms with Gasteiger partial charge in [0.25, 0.3) is 5.91 Å². The number of anilines is 1. The third-order valence-electron chi connectivity index (χ3n) is 4.02. The van der Waals surface area contributed by atoms with Gasteiger partial charge in [0.2, 0.25) is 0 Å². The molecule has 3 rings (SSSR count). The van der Waals surface area contributed by atoms with Crippen molar-refractivity contribution in [2.45, 2.75) is 12.5 Å². The third kappa shape index (κ3) is 2.76. The lowest BCUT2D eigenvalue weighted by Crippen LogP contribution is -2.45. The standard InChI is InChI=1S/C14H20N4O2/c15-11-1-3-16-13(9-11)14(19)18-4-2-12(10-18)17-5-7-20-8-6-17/h1,3,9,12H,2,4-8,10H2,(H2,15,16). The van der Waals surface area contributed by atoms with Gasteiger partial charge in [-0.05, 0) is 18.6 Å². The van der Waals surface area contributed by atoms with Gasteiger partial charge < -0.3 is 15.4 Å². The molecular weight excluding hydrogens is 256 g/mol. The molecule has 6 heteroatoms. The minimum atomic E-state index is -0.0203. The molecule has 2 fully saturated rings. The molecule has 0 aliphatic carbocycles. The van der Waals surface area contributed by atoms with Crippen molar-refractivity contribution in [2.24, 2.45) is 0 Å². The molecule has 3 heterocycles. The molecule has 20 heavy (non-hydrogen) atoms. The second-order valence-electron chi connectivity index (χ2n) is 5.32. The number of morpholine rings is 1. The summed E-state index contributed by atoms with van der Waals surface area (Å²) in [5, 5.41) is 0. The van der Waals surface area contributed by atoms with Crippen molar-refractivity contribution in [1.82, 2.24) is 14.8 Å². The summed E-state index contributed by atoms with van der Waals surface area (Å²) in [5.74, 6) is -0.0203. The number of hydrogen-bond acceptors (Lipinski definition) is 5. The first-order chi connectivity index (χ1) is 9.74. The molecule has 0 spiro atoms. The maximum atomic E-state index is 12.4. The van der Waals surface area contributed by atoms with Crippen LogP contribution in [0.4, 0.5) is 5.69 Å². The Morgan fingerprint density at radius 3 is 2.90 bits per heavy atom. The number of carbonyl (C=O) groups is 1. The monoisotopic (exact) mass is 276 g/mol. The van der Waals surface area contributed by atoms with E-state index in [1.807, 2.05) is 4.90 Å². The summed E-state index contributed by atoms with van der Waals surface area (Å²) in [6.07, 6.45) is 2.60. The summed E-state index contributed by atoms with van der Waals surface area (Å²) in [7, 11) is 0. The quantitative estimate of drug-likeness (QED) is 0.836. The molecule has 2 aliphatic rings. The van der Waals surface area contributed by atoms with Crippen LogP contribution in [-0.4, -0.2) is 66.1 Å². The van der Waals surface area contributed by atoms with Crippen molar-refractivity contribution in [3.8, 4) is 0 Å². The maximum absolute atomic E-state index is 12.4. The van der Waals surface area contributed by atoms with Crippen LogP contribution in [0.25, 0.3) is 0 Å². The molecule has 108 valence electrons. The summed E-state index contributed by atoms with van der Waals surface area (Å²) >= 11 is 0. The van der Waals surface area contributed by atoms with E-state index in [0.29, 0.717) is 17.4 Å². The van der Waals surface area contributed by atoms with Crippen molar-refractivity contribution in [3.05, 3.63) is 24.0 Å². The smallest absolute Gasteiger partial charge is 0.272 e. The van der Waals surface area contributed by atoms with Gasteiger partial charge in [-0.15, -0.1) is 0 Å². The van der Waals surface area contributed by atoms with E-state index >= 15 is 0 Å². The highest BCUT2D eigenvalue weighted by Gasteiger charge is 2.31. The molecule has 1 amide bonds. The summed E-state index contributed by atoms with van der Waals surface area (Å²) < 4.78 is 5.37. The minimum absolute atomic E-state index is 0.0203. The number of likely N-dealkylation sites (tertiary alicyclic amines) is 1. The fourth-order valence-corrected chi connectivity index (χ4v) is 2.89. The van der Waals surface area contributed by atoms with Gasteiger partial charge in [-0.3, -0.25) is 14.7 Å². The van der Waals surface area contributed by atoms with Crippen molar-refractivity contribution in [2.75, 3.05) is 45.1 Å². The number of rotatable bonds is 2. The SMILES string of the molecule is Nc1ccnc(C(=O)N2CCC(N3CCOCC3)C2)c1. The topological polar surface area (TPSA) is 71.7 Å². The van der Waals surface area contributed by atoms with Crippen LogP contribution in [0.15, 0.2) is 18.3 Å². The molecule has 2 saturated heterocycles. The summed E-state index contributed by atoms with van der Waals surface area (Å²) in [6.45, 7) is 5.07. The van der Waals surface area contributed by atoms with Gasteiger partial charge in [-0.1, -0.05) is 0 Å². The Balaban J connectivity index is 1.63. The van der Waals surface area contributed by atoms with Gasteiger partial charge in [0, 0.05) is 44.1 Å². The maximum Gasteiger partial charge on any atom is 0.272 e. The number of nitrogen functional groups attached to an aromatic ring is 1. The van der Waals surface area contributed by atoms with Crippen molar-refractivity contribution in [1.29, 1.82) is 0 Å². The van der Waals surface area contributed by atoms with E-state index in [2.05, 4.69) is 9.88 Å². The molecule has 2 aliphatic heterocycles. The van der Waals surface area contributed by atoms with Crippen molar-refractivity contribution >= 4 is 11.6 Å². The van der Waals surface area contributed by atoms with Crippen LogP contribution in [-0.2, 0) is 4.74 Å². The Morgan fingerprint density at radius 2 is 2.15 bits per heavy atom. The first-order valence-corrected chi connectivity index (χ1v) is 7.06. The molecule has 0 aromatic carbocycles. The molecule has 1 unspecified atom stereocenters. The zero-order chi connectivity index (χ0) is 13.9. The highest BCUT2D eigenvalue weighted by molar-refractivity contribution is 5.93. The summed E-state index contributed by atoms with van der Waals surface area (Å²) in [6, 6.07) is 3.78. The van der Waals surface area contributed by atoms with Gasteiger partial charge in [-0.2, -0.15) is 0 Å². The molecule has 0 saturated carbocycles. The first kappa shape index (κ1) is 13.3. The van der Waals surface area contributed by atoms with E-state index in [1.165, 1.54) is 0 Å². The predicted molar refractivity (Wildman–Crippen MR) is 75.3 cm³/mol. The lowest BCUT2D eigenvalue weighted by Gasteiger charge is -2.32. The molecular formula is C14H20N4O2. The Bertz CT molecular complexity index is 488. The minimum Gasteiger partial charge on any atom is -0.399 e. The number of hydrogen-bond donors (Lipinski definition) is 1. The van der Waals surface area contributed by atoms with E-state index in [4.69, 9.17) is 10.5 Å². The van der Waals surface area contributed by atoms with Gasteiger partial charge in [0.15, 0.2) is 0 Å². The highest BCUT2D eigenvalue weighted by atomic mass is 16.5. The Kier molecular flexibility index (Phi) is 3.84. The van der Waals surface area contributed by atoms with Gasteiger partial charge in [0.05, 0.1) is 13.2 Å². The number of carbonyl (C=O) groups excluding carboxylic acids is 1. The van der Waals surface area contributed by atoms with Crippen LogP contribution < -0.4 is 5.73 Å². The Hall–Kier alpha value is -1.66. The molecule has 0 radical (unpaired) electrons. The van der Waals surface area contributed by atoms with Crippen LogP contribution in [0.1, 0.15) is 16.9 Å². The number of nitrogens with two attached hydrogens (primary N) is 1. The van der Waals surface area contributed by atoms with E-state index in [1.54, 1.807) is 18.3 Å². The zero-order valence-electron chi connectivity index (χ0n) is 11.5. The van der Waals surface area contributed by atoms with Crippen LogP contribution in [0.3, 0.4) is 0 Å². The summed E-state index contributed by atoms with van der Waals surface area (Å²) in [4.78, 5) is 20.8. The number of ether oxygens (including phenoxy) is 1. The second-order valence-corrected chi connectivity index (χ2v) is 5.32. The van der Waals surface area contributed by atoms with E-state index in [9.17, 15) is 4.79 Å². The predicted octanol–water partition coefficient (Wildman–Crippen LogP) is 0.211. The number of amides is 1. The number of pyridine rings is 1. The molecule has 0 bridgehead atoms. The fraction of sp³-hybridized carbons (Fsp3) is 0.571. The lowest BCUT2D eigenvalue weighted by atomic mass is 10.2. The fourth-order valence-electron chi connectivity index (χ4n) is 2.89. The van der Waals surface area contributed by atoms with Crippen molar-refractivity contribution < 1.29 is 9.53 Å². The highest BCUT2D eigenvalue weighted by Crippen LogP contribution is 2.19. The van der Waals surface area contributed by atoms with E-state index in [-0.39, 0.29) is 5.91 Å². The van der Waals surface area contributed by atoms with Crippen LogP contribution >= 0.6 is 0 Å². The average molecular weight is 276 g/mol. The average Bonchev–Trinajstić information content (AvgIpc) is 2.97. The van der Waals surface area contributed by atoms with Gasteiger partial charge >= 0.3 is 0 Å². The van der Waals surface area contributed by atoms with Crippen LogP contribution in [0.2, 0.25) is 0 Å². The van der Waals surface area contributed by atoms with E-state index in [0.717, 1.165) is 45.8 Å². The molecule has 1 atom stereocenters. The van der Waals surface area contributed by atoms with Crippen LogP contribution in [0, 0.1) is 0 Å². The Labute approximate surface area is 118 Å². The number of nitrogens with zero attached hydrogens (tertiary/aromatic N) is 3. The largest absolute Gasteiger partial charge is 0.399 e. The zero-order valence-corrected chi connectivity index (χ0v) is 11.5. The summed E-state index contributed by atoms with van der Waals surface area (Å²) in [5.41, 5.74) is 6.72. The van der Waals surface area contributed by atoms with Crippen molar-refractivity contribution in [3.63, 3.8) is 0 Å². The van der Waals surface area contributed by atoms with Gasteiger partial charge in [0.1, 0.15) is 5.69 Å². The molecule has 2 N–H and O–H groups in total. The number of aromatic nitrogens is 1. The second kappa shape index (κ2) is 5.76. The van der Waals surface area contributed by atoms with Gasteiger partial charge in [-0.25, -0.2) is 0 Å².